The molecule has 0 unspecified atom stereocenters. The van der Waals surface area contributed by atoms with Crippen LogP contribution in [0.4, 0.5) is 0 Å². The van der Waals surface area contributed by atoms with E-state index in [1.807, 2.05) is 80.9 Å². The molecule has 0 fully saturated rings. The Morgan fingerprint density at radius 1 is 1.07 bits per heavy atom. The average Bonchev–Trinajstić information content (AvgIpc) is 2.96. The van der Waals surface area contributed by atoms with Gasteiger partial charge in [-0.2, -0.15) is 5.10 Å². The molecule has 5 heteroatoms. The minimum absolute atomic E-state index is 0.0192. The number of likely N-dealkylation sites (N-methyl/N-ethyl adjacent to an activating group) is 1. The van der Waals surface area contributed by atoms with Gasteiger partial charge in [-0.3, -0.25) is 4.79 Å². The lowest BCUT2D eigenvalue weighted by atomic mass is 10.1. The highest BCUT2D eigenvalue weighted by Crippen LogP contribution is 2.20. The van der Waals surface area contributed by atoms with E-state index in [4.69, 9.17) is 4.74 Å². The number of hydrogen-bond acceptors (Lipinski definition) is 3. The van der Waals surface area contributed by atoms with Crippen LogP contribution in [0.25, 0.3) is 5.69 Å². The van der Waals surface area contributed by atoms with Crippen molar-refractivity contribution in [3.05, 3.63) is 76.6 Å². The van der Waals surface area contributed by atoms with Crippen LogP contribution in [0.2, 0.25) is 0 Å². The fraction of sp³-hybridized carbons (Fsp3) is 0.304. The Hall–Kier alpha value is -3.08. The zero-order valence-electron chi connectivity index (χ0n) is 17.2. The molecular weight excluding hydrogens is 350 g/mol. The van der Waals surface area contributed by atoms with Crippen molar-refractivity contribution in [3.8, 4) is 11.4 Å². The number of benzene rings is 2. The summed E-state index contributed by atoms with van der Waals surface area (Å²) in [6.07, 6.45) is 0. The smallest absolute Gasteiger partial charge is 0.260 e. The lowest BCUT2D eigenvalue weighted by molar-refractivity contribution is -0.132. The highest BCUT2D eigenvalue weighted by Gasteiger charge is 2.17. The molecule has 0 aliphatic carbocycles. The first-order valence-electron chi connectivity index (χ1n) is 9.41. The summed E-state index contributed by atoms with van der Waals surface area (Å²) in [4.78, 5) is 14.3. The molecule has 0 radical (unpaired) electrons. The molecule has 28 heavy (non-hydrogen) atoms. The summed E-state index contributed by atoms with van der Waals surface area (Å²) in [5, 5.41) is 4.65. The quantitative estimate of drug-likeness (QED) is 0.648. The van der Waals surface area contributed by atoms with Gasteiger partial charge in [0.15, 0.2) is 6.61 Å². The molecule has 0 saturated carbocycles. The molecular formula is C23H27N3O2. The number of rotatable bonds is 6. The van der Waals surface area contributed by atoms with Crippen molar-refractivity contribution >= 4 is 5.91 Å². The molecule has 3 rings (SSSR count). The Balaban J connectivity index is 1.68. The van der Waals surface area contributed by atoms with Gasteiger partial charge in [0, 0.05) is 24.8 Å². The van der Waals surface area contributed by atoms with Crippen molar-refractivity contribution in [2.75, 3.05) is 13.7 Å². The van der Waals surface area contributed by atoms with E-state index in [-0.39, 0.29) is 12.5 Å². The lowest BCUT2D eigenvalue weighted by Gasteiger charge is -2.18. The molecule has 2 aromatic carbocycles. The van der Waals surface area contributed by atoms with Crippen LogP contribution in [0.3, 0.4) is 0 Å². The zero-order chi connectivity index (χ0) is 20.3. The number of aromatic nitrogens is 2. The second-order valence-corrected chi connectivity index (χ2v) is 7.20. The van der Waals surface area contributed by atoms with E-state index in [1.165, 1.54) is 5.56 Å². The van der Waals surface area contributed by atoms with Crippen molar-refractivity contribution in [2.45, 2.75) is 34.2 Å². The molecule has 0 N–H and O–H groups in total. The summed E-state index contributed by atoms with van der Waals surface area (Å²) >= 11 is 0. The van der Waals surface area contributed by atoms with Gasteiger partial charge in [0.2, 0.25) is 0 Å². The predicted molar refractivity (Wildman–Crippen MR) is 111 cm³/mol. The maximum Gasteiger partial charge on any atom is 0.260 e. The maximum atomic E-state index is 12.6. The number of aryl methyl sites for hydroxylation is 3. The molecule has 3 aromatic rings. The maximum absolute atomic E-state index is 12.6. The summed E-state index contributed by atoms with van der Waals surface area (Å²) in [6.45, 7) is 8.56. The second kappa shape index (κ2) is 8.30. The lowest BCUT2D eigenvalue weighted by Crippen LogP contribution is -2.31. The van der Waals surface area contributed by atoms with E-state index in [2.05, 4.69) is 5.10 Å². The molecule has 0 aliphatic rings. The summed E-state index contributed by atoms with van der Waals surface area (Å²) < 4.78 is 7.66. The molecule has 1 aromatic heterocycles. The molecule has 0 bridgehead atoms. The highest BCUT2D eigenvalue weighted by atomic mass is 16.5. The number of carbonyl (C=O) groups excluding carboxylic acids is 1. The number of nitrogens with zero attached hydrogens (tertiary/aromatic N) is 3. The average molecular weight is 377 g/mol. The predicted octanol–water partition coefficient (Wildman–Crippen LogP) is 4.14. The number of ether oxygens (including phenoxy) is 1. The van der Waals surface area contributed by atoms with Crippen LogP contribution in [0.15, 0.2) is 48.5 Å². The molecule has 0 saturated heterocycles. The third kappa shape index (κ3) is 4.25. The molecule has 0 aliphatic heterocycles. The van der Waals surface area contributed by atoms with E-state index in [0.717, 1.165) is 34.0 Å². The largest absolute Gasteiger partial charge is 0.484 e. The normalized spacial score (nSPS) is 10.8. The third-order valence-electron chi connectivity index (χ3n) is 4.94. The highest BCUT2D eigenvalue weighted by molar-refractivity contribution is 5.77. The van der Waals surface area contributed by atoms with Gasteiger partial charge in [-0.15, -0.1) is 0 Å². The van der Waals surface area contributed by atoms with Gasteiger partial charge < -0.3 is 9.64 Å². The van der Waals surface area contributed by atoms with Crippen LogP contribution in [-0.4, -0.2) is 34.2 Å². The van der Waals surface area contributed by atoms with Crippen molar-refractivity contribution in [1.82, 2.24) is 14.7 Å². The van der Waals surface area contributed by atoms with Gasteiger partial charge >= 0.3 is 0 Å². The third-order valence-corrected chi connectivity index (χ3v) is 4.94. The Bertz CT molecular complexity index is 977. The van der Waals surface area contributed by atoms with E-state index in [1.54, 1.807) is 11.9 Å². The van der Waals surface area contributed by atoms with Crippen LogP contribution >= 0.6 is 0 Å². The molecule has 1 amide bonds. The summed E-state index contributed by atoms with van der Waals surface area (Å²) in [6, 6.07) is 16.0. The molecule has 146 valence electrons. The van der Waals surface area contributed by atoms with E-state index >= 15 is 0 Å². The standard InChI is InChI=1S/C23H27N3O2/c1-16-11-12-22(17(2)13-16)28-15-23(27)25(5)14-21-18(3)24-26(19(21)4)20-9-7-6-8-10-20/h6-13H,14-15H2,1-5H3. The van der Waals surface area contributed by atoms with Gasteiger partial charge in [0.1, 0.15) is 5.75 Å². The summed E-state index contributed by atoms with van der Waals surface area (Å²) in [5.41, 5.74) is 6.25. The van der Waals surface area contributed by atoms with Gasteiger partial charge in [-0.1, -0.05) is 35.9 Å². The van der Waals surface area contributed by atoms with Crippen LogP contribution in [0.1, 0.15) is 28.1 Å². The zero-order valence-corrected chi connectivity index (χ0v) is 17.2. The number of hydrogen-bond donors (Lipinski definition) is 0. The first-order valence-corrected chi connectivity index (χ1v) is 9.41. The van der Waals surface area contributed by atoms with Crippen molar-refractivity contribution in [3.63, 3.8) is 0 Å². The minimum Gasteiger partial charge on any atom is -0.484 e. The minimum atomic E-state index is -0.0637. The van der Waals surface area contributed by atoms with Crippen LogP contribution in [0.5, 0.6) is 5.75 Å². The monoisotopic (exact) mass is 377 g/mol. The number of amides is 1. The molecule has 0 spiro atoms. The van der Waals surface area contributed by atoms with Gasteiger partial charge in [-0.25, -0.2) is 4.68 Å². The van der Waals surface area contributed by atoms with Gasteiger partial charge in [0.05, 0.1) is 11.4 Å². The summed E-state index contributed by atoms with van der Waals surface area (Å²) in [7, 11) is 1.80. The molecule has 1 heterocycles. The second-order valence-electron chi connectivity index (χ2n) is 7.20. The Morgan fingerprint density at radius 3 is 2.46 bits per heavy atom. The van der Waals surface area contributed by atoms with Crippen molar-refractivity contribution in [1.29, 1.82) is 0 Å². The Kier molecular flexibility index (Phi) is 5.83. The SMILES string of the molecule is Cc1ccc(OCC(=O)N(C)Cc2c(C)nn(-c3ccccc3)c2C)c(C)c1. The van der Waals surface area contributed by atoms with Crippen LogP contribution in [0, 0.1) is 27.7 Å². The fourth-order valence-corrected chi connectivity index (χ4v) is 3.26. The van der Waals surface area contributed by atoms with Crippen LogP contribution in [-0.2, 0) is 11.3 Å². The first-order chi connectivity index (χ1) is 13.4. The van der Waals surface area contributed by atoms with Crippen LogP contribution < -0.4 is 4.74 Å². The fourth-order valence-electron chi connectivity index (χ4n) is 3.26. The summed E-state index contributed by atoms with van der Waals surface area (Å²) in [5.74, 6) is 0.683. The van der Waals surface area contributed by atoms with E-state index in [9.17, 15) is 4.79 Å². The van der Waals surface area contributed by atoms with Gasteiger partial charge in [0.25, 0.3) is 5.91 Å². The molecule has 5 nitrogen and oxygen atoms in total. The Morgan fingerprint density at radius 2 is 1.79 bits per heavy atom. The van der Waals surface area contributed by atoms with Crippen molar-refractivity contribution in [2.24, 2.45) is 0 Å². The molecule has 0 atom stereocenters. The first kappa shape index (κ1) is 19.7. The van der Waals surface area contributed by atoms with E-state index in [0.29, 0.717) is 6.54 Å². The van der Waals surface area contributed by atoms with E-state index < -0.39 is 0 Å². The number of para-hydroxylation sites is 1. The topological polar surface area (TPSA) is 47.4 Å². The number of carbonyl (C=O) groups is 1. The van der Waals surface area contributed by atoms with Crippen molar-refractivity contribution < 1.29 is 9.53 Å². The van der Waals surface area contributed by atoms with Gasteiger partial charge in [-0.05, 0) is 51.5 Å². The Labute approximate surface area is 166 Å².